The van der Waals surface area contributed by atoms with Gasteiger partial charge >= 0.3 is 0 Å². The molecule has 1 saturated heterocycles. The van der Waals surface area contributed by atoms with Crippen LogP contribution in [0.4, 0.5) is 23.3 Å². The van der Waals surface area contributed by atoms with Crippen LogP contribution in [-0.2, 0) is 0 Å². The summed E-state index contributed by atoms with van der Waals surface area (Å²) in [7, 11) is 1.87. The molecule has 3 N–H and O–H groups in total. The molecule has 2 aromatic rings. The van der Waals surface area contributed by atoms with Crippen LogP contribution in [0.15, 0.2) is 24.8 Å². The summed E-state index contributed by atoms with van der Waals surface area (Å²) >= 11 is 0. The Morgan fingerprint density at radius 2 is 1.65 bits per heavy atom. The molecule has 2 fully saturated rings. The molecule has 0 radical (unpaired) electrons. The van der Waals surface area contributed by atoms with Crippen molar-refractivity contribution in [3.05, 3.63) is 24.8 Å². The molecule has 1 unspecified atom stereocenters. The van der Waals surface area contributed by atoms with Crippen LogP contribution < -0.4 is 20.9 Å². The summed E-state index contributed by atoms with van der Waals surface area (Å²) < 4.78 is 0. The molecular weight excluding hydrogens is 328 g/mol. The third-order valence-electron chi connectivity index (χ3n) is 5.03. The molecule has 8 nitrogen and oxygen atoms in total. The predicted octanol–water partition coefficient (Wildman–Crippen LogP) is 2.21. The lowest BCUT2D eigenvalue weighted by atomic mass is 10.2. The van der Waals surface area contributed by atoms with Crippen LogP contribution >= 0.6 is 0 Å². The van der Waals surface area contributed by atoms with Crippen molar-refractivity contribution in [2.24, 2.45) is 5.92 Å². The van der Waals surface area contributed by atoms with Gasteiger partial charge < -0.3 is 20.9 Å². The third-order valence-corrected chi connectivity index (χ3v) is 5.03. The number of anilines is 4. The third kappa shape index (κ3) is 4.12. The van der Waals surface area contributed by atoms with Gasteiger partial charge in [0.25, 0.3) is 0 Å². The van der Waals surface area contributed by atoms with Crippen LogP contribution in [0, 0.1) is 5.92 Å². The Balaban J connectivity index is 1.36. The lowest BCUT2D eigenvalue weighted by Crippen LogP contribution is -2.35. The molecule has 1 atom stereocenters. The summed E-state index contributed by atoms with van der Waals surface area (Å²) in [5, 5.41) is 9.94. The van der Waals surface area contributed by atoms with Gasteiger partial charge in [-0.15, -0.1) is 0 Å². The minimum absolute atomic E-state index is 0.396. The van der Waals surface area contributed by atoms with E-state index in [1.54, 1.807) is 12.7 Å². The van der Waals surface area contributed by atoms with Gasteiger partial charge in [-0.2, -0.15) is 0 Å². The second-order valence-electron chi connectivity index (χ2n) is 6.99. The second-order valence-corrected chi connectivity index (χ2v) is 6.99. The van der Waals surface area contributed by atoms with Crippen molar-refractivity contribution in [1.29, 1.82) is 0 Å². The zero-order chi connectivity index (χ0) is 17.8. The molecule has 138 valence electrons. The first kappa shape index (κ1) is 16.8. The number of aromatic nitrogens is 4. The molecule has 0 amide bonds. The van der Waals surface area contributed by atoms with Gasteiger partial charge in [-0.3, -0.25) is 0 Å². The molecule has 3 heterocycles. The number of hydrogen-bond acceptors (Lipinski definition) is 8. The summed E-state index contributed by atoms with van der Waals surface area (Å²) in [6, 6.07) is 4.39. The summed E-state index contributed by atoms with van der Waals surface area (Å²) in [6.07, 6.45) is 8.21. The van der Waals surface area contributed by atoms with Crippen LogP contribution in [0.2, 0.25) is 0 Å². The molecule has 1 aliphatic carbocycles. The molecule has 0 aromatic carbocycles. The van der Waals surface area contributed by atoms with Crippen LogP contribution in [-0.4, -0.2) is 52.7 Å². The van der Waals surface area contributed by atoms with E-state index in [0.717, 1.165) is 55.2 Å². The van der Waals surface area contributed by atoms with E-state index in [0.29, 0.717) is 6.04 Å². The highest BCUT2D eigenvalue weighted by Crippen LogP contribution is 2.29. The van der Waals surface area contributed by atoms with E-state index >= 15 is 0 Å². The maximum atomic E-state index is 4.45. The largest absolute Gasteiger partial charge is 0.373 e. The second kappa shape index (κ2) is 7.72. The highest BCUT2D eigenvalue weighted by atomic mass is 15.3. The van der Waals surface area contributed by atoms with E-state index in [1.165, 1.54) is 19.3 Å². The van der Waals surface area contributed by atoms with Crippen LogP contribution in [0.3, 0.4) is 0 Å². The van der Waals surface area contributed by atoms with Gasteiger partial charge in [0, 0.05) is 44.9 Å². The van der Waals surface area contributed by atoms with Gasteiger partial charge in [-0.05, 0) is 31.6 Å². The smallest absolute Gasteiger partial charge is 0.134 e. The molecule has 8 heteroatoms. The Hall–Kier alpha value is -2.64. The Bertz CT molecular complexity index is 733. The lowest BCUT2D eigenvalue weighted by molar-refractivity contribution is 0.688. The monoisotopic (exact) mass is 354 g/mol. The van der Waals surface area contributed by atoms with E-state index in [1.807, 2.05) is 19.2 Å². The van der Waals surface area contributed by atoms with E-state index in [2.05, 4.69) is 40.8 Å². The number of nitrogens with zero attached hydrogens (tertiary/aromatic N) is 5. The maximum Gasteiger partial charge on any atom is 0.134 e. The fraction of sp³-hybridized carbons (Fsp3) is 0.556. The van der Waals surface area contributed by atoms with Crippen molar-refractivity contribution in [2.75, 3.05) is 47.5 Å². The Morgan fingerprint density at radius 1 is 0.923 bits per heavy atom. The Morgan fingerprint density at radius 3 is 2.42 bits per heavy atom. The van der Waals surface area contributed by atoms with Crippen molar-refractivity contribution < 1.29 is 0 Å². The van der Waals surface area contributed by atoms with E-state index in [4.69, 9.17) is 0 Å². The van der Waals surface area contributed by atoms with E-state index in [9.17, 15) is 0 Å². The number of nitrogens with one attached hydrogen (secondary N) is 3. The van der Waals surface area contributed by atoms with Crippen LogP contribution in [0.5, 0.6) is 0 Å². The van der Waals surface area contributed by atoms with E-state index < -0.39 is 0 Å². The SMILES string of the molecule is CNc1cc(N2CCCC2CNc2cc(NCC3CC3)ncn2)ncn1. The maximum absolute atomic E-state index is 4.45. The summed E-state index contributed by atoms with van der Waals surface area (Å²) in [5.74, 6) is 4.40. The van der Waals surface area contributed by atoms with Crippen molar-refractivity contribution in [1.82, 2.24) is 19.9 Å². The Kier molecular flexibility index (Phi) is 4.99. The van der Waals surface area contributed by atoms with Gasteiger partial charge in [0.15, 0.2) is 0 Å². The highest BCUT2D eigenvalue weighted by Gasteiger charge is 2.26. The van der Waals surface area contributed by atoms with Gasteiger partial charge in [0.1, 0.15) is 35.9 Å². The quantitative estimate of drug-likeness (QED) is 0.665. The first-order chi connectivity index (χ1) is 12.8. The van der Waals surface area contributed by atoms with Crippen LogP contribution in [0.25, 0.3) is 0 Å². The predicted molar refractivity (Wildman–Crippen MR) is 104 cm³/mol. The highest BCUT2D eigenvalue weighted by molar-refractivity contribution is 5.51. The zero-order valence-corrected chi connectivity index (χ0v) is 15.1. The Labute approximate surface area is 153 Å². The summed E-state index contributed by atoms with van der Waals surface area (Å²) in [4.78, 5) is 19.7. The van der Waals surface area contributed by atoms with Crippen molar-refractivity contribution in [3.63, 3.8) is 0 Å². The first-order valence-corrected chi connectivity index (χ1v) is 9.38. The molecule has 0 spiro atoms. The van der Waals surface area contributed by atoms with Crippen molar-refractivity contribution in [2.45, 2.75) is 31.7 Å². The molecule has 4 rings (SSSR count). The van der Waals surface area contributed by atoms with Crippen molar-refractivity contribution >= 4 is 23.3 Å². The standard InChI is InChI=1S/C18H26N8/c1-19-15-8-18(25-12-22-15)26-6-2-3-14(26)10-21-17-7-16(23-11-24-17)20-9-13-4-5-13/h7-8,11-14H,2-6,9-10H2,1H3,(H,19,22,25)(H2,20,21,23,24). The fourth-order valence-electron chi connectivity index (χ4n) is 3.33. The van der Waals surface area contributed by atoms with Gasteiger partial charge in [-0.25, -0.2) is 19.9 Å². The average Bonchev–Trinajstić information content (AvgIpc) is 3.40. The minimum Gasteiger partial charge on any atom is -0.373 e. The fourth-order valence-corrected chi connectivity index (χ4v) is 3.33. The van der Waals surface area contributed by atoms with Gasteiger partial charge in [0.2, 0.25) is 0 Å². The van der Waals surface area contributed by atoms with Crippen LogP contribution in [0.1, 0.15) is 25.7 Å². The summed E-state index contributed by atoms with van der Waals surface area (Å²) in [5.41, 5.74) is 0. The lowest BCUT2D eigenvalue weighted by Gasteiger charge is -2.26. The molecule has 1 saturated carbocycles. The molecular formula is C18H26N8. The molecule has 2 aromatic heterocycles. The minimum atomic E-state index is 0.396. The topological polar surface area (TPSA) is 90.9 Å². The molecule has 2 aliphatic rings. The normalized spacial score (nSPS) is 19.4. The molecule has 26 heavy (non-hydrogen) atoms. The number of rotatable bonds is 8. The molecule has 0 bridgehead atoms. The molecule has 1 aliphatic heterocycles. The van der Waals surface area contributed by atoms with Gasteiger partial charge in [-0.1, -0.05) is 0 Å². The van der Waals surface area contributed by atoms with Gasteiger partial charge in [0.05, 0.1) is 0 Å². The van der Waals surface area contributed by atoms with Crippen molar-refractivity contribution in [3.8, 4) is 0 Å². The summed E-state index contributed by atoms with van der Waals surface area (Å²) in [6.45, 7) is 2.86. The van der Waals surface area contributed by atoms with E-state index in [-0.39, 0.29) is 0 Å². The number of hydrogen-bond donors (Lipinski definition) is 3. The average molecular weight is 354 g/mol. The first-order valence-electron chi connectivity index (χ1n) is 9.38. The zero-order valence-electron chi connectivity index (χ0n) is 15.1.